The van der Waals surface area contributed by atoms with Gasteiger partial charge in [0.1, 0.15) is 5.82 Å². The number of carbonyl (C=O) groups excluding carboxylic acids is 1. The number of primary amides is 1. The third-order valence-corrected chi connectivity index (χ3v) is 2.49. The lowest BCUT2D eigenvalue weighted by Gasteiger charge is -2.20. The van der Waals surface area contributed by atoms with Crippen LogP contribution >= 0.6 is 11.6 Å². The van der Waals surface area contributed by atoms with E-state index < -0.39 is 5.91 Å². The first kappa shape index (κ1) is 14.7. The van der Waals surface area contributed by atoms with Gasteiger partial charge < -0.3 is 16.4 Å². The van der Waals surface area contributed by atoms with Crippen LogP contribution in [0.1, 0.15) is 31.1 Å². The minimum absolute atomic E-state index is 0.0781. The lowest BCUT2D eigenvalue weighted by atomic mass is 10.1. The molecule has 4 N–H and O–H groups in total. The second kappa shape index (κ2) is 6.02. The van der Waals surface area contributed by atoms with E-state index in [1.54, 1.807) is 0 Å². The molecule has 100 valence electrons. The molecule has 0 aliphatic carbocycles. The second-order valence-electron chi connectivity index (χ2n) is 5.02. The van der Waals surface area contributed by atoms with E-state index in [9.17, 15) is 4.79 Å². The average molecular weight is 271 g/mol. The number of hydrogen-bond donors (Lipinski definition) is 3. The van der Waals surface area contributed by atoms with Gasteiger partial charge in [0.25, 0.3) is 0 Å². The number of nitrogens with two attached hydrogens (primary N) is 1. The minimum Gasteiger partial charge on any atom is -0.368 e. The number of anilines is 1. The molecule has 0 saturated carbocycles. The van der Waals surface area contributed by atoms with E-state index in [1.807, 2.05) is 0 Å². The van der Waals surface area contributed by atoms with Gasteiger partial charge in [-0.1, -0.05) is 11.6 Å². The first-order valence-corrected chi connectivity index (χ1v) is 6.11. The lowest BCUT2D eigenvalue weighted by molar-refractivity contribution is 0.1000. The largest absolute Gasteiger partial charge is 0.368 e. The summed E-state index contributed by atoms with van der Waals surface area (Å²) in [5.74, 6) is 0.0164. The van der Waals surface area contributed by atoms with Crippen LogP contribution in [0.3, 0.4) is 0 Å². The number of halogens is 1. The summed E-state index contributed by atoms with van der Waals surface area (Å²) in [5.41, 5.74) is 5.52. The summed E-state index contributed by atoms with van der Waals surface area (Å²) < 4.78 is 0. The van der Waals surface area contributed by atoms with E-state index in [1.165, 1.54) is 12.3 Å². The molecule has 0 spiro atoms. The fourth-order valence-corrected chi connectivity index (χ4v) is 1.55. The summed E-state index contributed by atoms with van der Waals surface area (Å²) in [6, 6.07) is 1.51. The van der Waals surface area contributed by atoms with E-state index in [0.717, 1.165) is 6.54 Å². The minimum atomic E-state index is -0.537. The molecule has 0 aliphatic heterocycles. The predicted molar refractivity (Wildman–Crippen MR) is 74.0 cm³/mol. The van der Waals surface area contributed by atoms with Gasteiger partial charge >= 0.3 is 0 Å². The van der Waals surface area contributed by atoms with Crippen LogP contribution in [-0.4, -0.2) is 29.5 Å². The second-order valence-corrected chi connectivity index (χ2v) is 5.43. The Morgan fingerprint density at radius 3 is 2.61 bits per heavy atom. The highest BCUT2D eigenvalue weighted by Crippen LogP contribution is 2.19. The number of nitrogens with one attached hydrogen (secondary N) is 2. The van der Waals surface area contributed by atoms with Crippen molar-refractivity contribution < 1.29 is 4.79 Å². The Balaban J connectivity index is 2.51. The van der Waals surface area contributed by atoms with Crippen molar-refractivity contribution in [3.63, 3.8) is 0 Å². The maximum atomic E-state index is 10.9. The molecule has 0 radical (unpaired) electrons. The van der Waals surface area contributed by atoms with Crippen LogP contribution in [0.5, 0.6) is 0 Å². The Hall–Kier alpha value is -1.33. The third-order valence-electron chi connectivity index (χ3n) is 2.20. The zero-order valence-electron chi connectivity index (χ0n) is 10.9. The van der Waals surface area contributed by atoms with Gasteiger partial charge in [-0.15, -0.1) is 0 Å². The zero-order chi connectivity index (χ0) is 13.8. The maximum Gasteiger partial charge on any atom is 0.250 e. The molecule has 0 saturated heterocycles. The summed E-state index contributed by atoms with van der Waals surface area (Å²) in [5, 5.41) is 6.82. The van der Waals surface area contributed by atoms with Crippen molar-refractivity contribution in [1.82, 2.24) is 10.3 Å². The predicted octanol–water partition coefficient (Wildman–Crippen LogP) is 1.63. The van der Waals surface area contributed by atoms with Gasteiger partial charge in [0.2, 0.25) is 5.91 Å². The van der Waals surface area contributed by atoms with Crippen molar-refractivity contribution in [3.8, 4) is 0 Å². The maximum absolute atomic E-state index is 10.9. The summed E-state index contributed by atoms with van der Waals surface area (Å²) in [6.45, 7) is 7.78. The summed E-state index contributed by atoms with van der Waals surface area (Å²) in [7, 11) is 0. The molecular formula is C12H19ClN4O. The normalized spacial score (nSPS) is 11.3. The van der Waals surface area contributed by atoms with Gasteiger partial charge in [-0.25, -0.2) is 4.98 Å². The van der Waals surface area contributed by atoms with Crippen molar-refractivity contribution in [3.05, 3.63) is 22.8 Å². The van der Waals surface area contributed by atoms with Gasteiger partial charge in [0.05, 0.1) is 10.6 Å². The van der Waals surface area contributed by atoms with Crippen LogP contribution in [0, 0.1) is 0 Å². The first-order valence-electron chi connectivity index (χ1n) is 5.74. The van der Waals surface area contributed by atoms with Crippen molar-refractivity contribution in [2.24, 2.45) is 5.73 Å². The van der Waals surface area contributed by atoms with Crippen LogP contribution in [0.4, 0.5) is 5.82 Å². The highest BCUT2D eigenvalue weighted by Gasteiger charge is 2.09. The molecule has 0 unspecified atom stereocenters. The highest BCUT2D eigenvalue weighted by atomic mass is 35.5. The Morgan fingerprint density at radius 1 is 1.44 bits per heavy atom. The van der Waals surface area contributed by atoms with Crippen molar-refractivity contribution in [1.29, 1.82) is 0 Å². The number of hydrogen-bond acceptors (Lipinski definition) is 4. The third kappa shape index (κ3) is 4.89. The van der Waals surface area contributed by atoms with Crippen LogP contribution in [0.2, 0.25) is 5.02 Å². The Bertz CT molecular complexity index is 429. The van der Waals surface area contributed by atoms with Crippen LogP contribution < -0.4 is 16.4 Å². The number of aromatic nitrogens is 1. The SMILES string of the molecule is CC(C)(C)NCCNc1ncc(C(N)=O)cc1Cl. The van der Waals surface area contributed by atoms with Crippen LogP contribution in [0.25, 0.3) is 0 Å². The first-order chi connectivity index (χ1) is 8.29. The Morgan fingerprint density at radius 2 is 2.11 bits per heavy atom. The van der Waals surface area contributed by atoms with Crippen molar-refractivity contribution >= 4 is 23.3 Å². The summed E-state index contributed by atoms with van der Waals surface area (Å²) in [6.07, 6.45) is 1.41. The molecule has 0 bridgehead atoms. The molecule has 1 aromatic heterocycles. The number of pyridine rings is 1. The van der Waals surface area contributed by atoms with E-state index in [4.69, 9.17) is 17.3 Å². The fourth-order valence-electron chi connectivity index (χ4n) is 1.32. The number of nitrogens with zero attached hydrogens (tertiary/aromatic N) is 1. The van der Waals surface area contributed by atoms with Gasteiger partial charge in [-0.05, 0) is 26.8 Å². The lowest BCUT2D eigenvalue weighted by Crippen LogP contribution is -2.38. The van der Waals surface area contributed by atoms with E-state index in [2.05, 4.69) is 36.4 Å². The van der Waals surface area contributed by atoms with Crippen molar-refractivity contribution in [2.45, 2.75) is 26.3 Å². The topological polar surface area (TPSA) is 80.0 Å². The van der Waals surface area contributed by atoms with Gasteiger partial charge in [0, 0.05) is 24.8 Å². The molecule has 0 fully saturated rings. The van der Waals surface area contributed by atoms with E-state index >= 15 is 0 Å². The molecule has 0 aliphatic rings. The monoisotopic (exact) mass is 270 g/mol. The number of carbonyl (C=O) groups is 1. The average Bonchev–Trinajstić information content (AvgIpc) is 2.24. The molecule has 1 aromatic rings. The number of amides is 1. The van der Waals surface area contributed by atoms with Crippen molar-refractivity contribution in [2.75, 3.05) is 18.4 Å². The summed E-state index contributed by atoms with van der Waals surface area (Å²) >= 11 is 5.99. The van der Waals surface area contributed by atoms with E-state index in [-0.39, 0.29) is 5.54 Å². The molecule has 0 aromatic carbocycles. The smallest absolute Gasteiger partial charge is 0.250 e. The summed E-state index contributed by atoms with van der Waals surface area (Å²) in [4.78, 5) is 15.0. The standard InChI is InChI=1S/C12H19ClN4O/c1-12(2,3)17-5-4-15-11-9(13)6-8(7-16-11)10(14)18/h6-7,17H,4-5H2,1-3H3,(H2,14,18)(H,15,16). The molecule has 0 atom stereocenters. The Labute approximate surface area is 112 Å². The molecule has 5 nitrogen and oxygen atoms in total. The molecule has 1 amide bonds. The van der Waals surface area contributed by atoms with Crippen LogP contribution in [0.15, 0.2) is 12.3 Å². The highest BCUT2D eigenvalue weighted by molar-refractivity contribution is 6.33. The van der Waals surface area contributed by atoms with Gasteiger partial charge in [-0.2, -0.15) is 0 Å². The quantitative estimate of drug-likeness (QED) is 0.711. The zero-order valence-corrected chi connectivity index (χ0v) is 11.6. The number of rotatable bonds is 5. The fraction of sp³-hybridized carbons (Fsp3) is 0.500. The van der Waals surface area contributed by atoms with Gasteiger partial charge in [-0.3, -0.25) is 4.79 Å². The van der Waals surface area contributed by atoms with E-state index in [0.29, 0.717) is 22.9 Å². The molecule has 18 heavy (non-hydrogen) atoms. The Kier molecular flexibility index (Phi) is 4.93. The molecular weight excluding hydrogens is 252 g/mol. The molecule has 6 heteroatoms. The van der Waals surface area contributed by atoms with Crippen LogP contribution in [-0.2, 0) is 0 Å². The molecule has 1 heterocycles. The van der Waals surface area contributed by atoms with Gasteiger partial charge in [0.15, 0.2) is 0 Å². The molecule has 1 rings (SSSR count).